The fraction of sp³-hybridized carbons (Fsp3) is 0.438. The molecule has 2 aliphatic rings. The topological polar surface area (TPSA) is 0 Å². The molecule has 16 heavy (non-hydrogen) atoms. The molecule has 0 aromatic heterocycles. The highest BCUT2D eigenvalue weighted by atomic mass is 14.2. The maximum Gasteiger partial charge on any atom is 0.0273 e. The Morgan fingerprint density at radius 1 is 1.00 bits per heavy atom. The van der Waals surface area contributed by atoms with Gasteiger partial charge in [0.2, 0.25) is 0 Å². The molecule has 0 bridgehead atoms. The second-order valence-corrected chi connectivity index (χ2v) is 5.02. The van der Waals surface area contributed by atoms with Gasteiger partial charge in [0.1, 0.15) is 0 Å². The molecule has 1 aromatic rings. The maximum atomic E-state index is 2.47. The highest BCUT2D eigenvalue weighted by molar-refractivity contribution is 5.70. The molecule has 0 aliphatic heterocycles. The summed E-state index contributed by atoms with van der Waals surface area (Å²) in [5.41, 5.74) is 6.20. The fourth-order valence-electron chi connectivity index (χ4n) is 2.99. The van der Waals surface area contributed by atoms with Gasteiger partial charge in [0.25, 0.3) is 0 Å². The first kappa shape index (κ1) is 10.1. The van der Waals surface area contributed by atoms with Crippen molar-refractivity contribution in [1.82, 2.24) is 0 Å². The third kappa shape index (κ3) is 1.61. The van der Waals surface area contributed by atoms with Crippen LogP contribution in [0.4, 0.5) is 0 Å². The van der Waals surface area contributed by atoms with Crippen LogP contribution in [0.3, 0.4) is 0 Å². The molecule has 0 spiro atoms. The van der Waals surface area contributed by atoms with E-state index in [-0.39, 0.29) is 0 Å². The summed E-state index contributed by atoms with van der Waals surface area (Å²) in [6.07, 6.45) is 12.4. The van der Waals surface area contributed by atoms with Crippen molar-refractivity contribution in [2.45, 2.75) is 45.4 Å². The number of hydrogen-bond donors (Lipinski definition) is 0. The Morgan fingerprint density at radius 2 is 1.75 bits per heavy atom. The van der Waals surface area contributed by atoms with E-state index in [0.717, 1.165) is 0 Å². The van der Waals surface area contributed by atoms with Crippen molar-refractivity contribution in [3.63, 3.8) is 0 Å². The Balaban J connectivity index is 1.99. The lowest BCUT2D eigenvalue weighted by molar-refractivity contribution is 0.684. The highest BCUT2D eigenvalue weighted by Gasteiger charge is 2.20. The molecule has 0 saturated heterocycles. The van der Waals surface area contributed by atoms with E-state index >= 15 is 0 Å². The molecule has 0 heterocycles. The number of rotatable bonds is 2. The van der Waals surface area contributed by atoms with Crippen LogP contribution >= 0.6 is 0 Å². The predicted octanol–water partition coefficient (Wildman–Crippen LogP) is 4.31. The van der Waals surface area contributed by atoms with Gasteiger partial charge in [0, 0.05) is 5.92 Å². The van der Waals surface area contributed by atoms with Crippen molar-refractivity contribution in [1.29, 1.82) is 0 Å². The van der Waals surface area contributed by atoms with Crippen molar-refractivity contribution in [3.8, 4) is 0 Å². The summed E-state index contributed by atoms with van der Waals surface area (Å²) in [5.74, 6) is 1.55. The van der Waals surface area contributed by atoms with Crippen LogP contribution in [0.2, 0.25) is 0 Å². The minimum atomic E-state index is 1.22. The molecule has 83 valence electrons. The zero-order valence-electron chi connectivity index (χ0n) is 10.1. The van der Waals surface area contributed by atoms with Crippen molar-refractivity contribution < 1.29 is 0 Å². The molecule has 0 fully saturated rings. The lowest BCUT2D eigenvalue weighted by Crippen LogP contribution is -2.05. The van der Waals surface area contributed by atoms with Crippen LogP contribution in [0.1, 0.15) is 54.9 Å². The van der Waals surface area contributed by atoms with Gasteiger partial charge in [0.05, 0.1) is 0 Å². The second kappa shape index (κ2) is 4.08. The number of allylic oxidation sites excluding steroid dienone is 1. The van der Waals surface area contributed by atoms with E-state index in [1.807, 2.05) is 0 Å². The van der Waals surface area contributed by atoms with Crippen molar-refractivity contribution >= 4 is 6.08 Å². The van der Waals surface area contributed by atoms with E-state index in [4.69, 9.17) is 0 Å². The Labute approximate surface area is 98.4 Å². The van der Waals surface area contributed by atoms with Gasteiger partial charge in [-0.1, -0.05) is 37.6 Å². The molecule has 3 rings (SSSR count). The highest BCUT2D eigenvalue weighted by Crippen LogP contribution is 2.36. The summed E-state index contributed by atoms with van der Waals surface area (Å²) in [4.78, 5) is 0. The van der Waals surface area contributed by atoms with Crippen LogP contribution in [0, 0.1) is 5.92 Å². The average Bonchev–Trinajstić information content (AvgIpc) is 2.70. The first-order valence-corrected chi connectivity index (χ1v) is 6.58. The summed E-state index contributed by atoms with van der Waals surface area (Å²) in [7, 11) is 0. The van der Waals surface area contributed by atoms with Gasteiger partial charge in [-0.2, -0.15) is 0 Å². The van der Waals surface area contributed by atoms with Gasteiger partial charge in [-0.15, -0.1) is 0 Å². The molecule has 0 amide bonds. The van der Waals surface area contributed by atoms with Gasteiger partial charge in [-0.05, 0) is 54.4 Å². The summed E-state index contributed by atoms with van der Waals surface area (Å²) < 4.78 is 0. The molecule has 1 aromatic carbocycles. The third-order valence-electron chi connectivity index (χ3n) is 3.84. The van der Waals surface area contributed by atoms with E-state index in [1.54, 1.807) is 17.0 Å². The number of hydrogen-bond acceptors (Lipinski definition) is 0. The molecule has 0 heteroatoms. The number of benzene rings is 1. The summed E-state index contributed by atoms with van der Waals surface area (Å²) in [5, 5.41) is 0. The van der Waals surface area contributed by atoms with Gasteiger partial charge < -0.3 is 0 Å². The SMILES string of the molecule is CCC[C]1C=Cc2cc3c(cc21)CCCC3. The van der Waals surface area contributed by atoms with E-state index in [2.05, 4.69) is 31.2 Å². The Hall–Kier alpha value is -1.04. The molecular weight excluding hydrogens is 192 g/mol. The maximum absolute atomic E-state index is 2.47. The van der Waals surface area contributed by atoms with Gasteiger partial charge in [-0.3, -0.25) is 0 Å². The van der Waals surface area contributed by atoms with Crippen LogP contribution in [0.15, 0.2) is 18.2 Å². The molecular formula is C16H19. The van der Waals surface area contributed by atoms with Crippen molar-refractivity contribution in [3.05, 3.63) is 46.4 Å². The Kier molecular flexibility index (Phi) is 2.59. The van der Waals surface area contributed by atoms with Gasteiger partial charge >= 0.3 is 0 Å². The third-order valence-corrected chi connectivity index (χ3v) is 3.84. The average molecular weight is 211 g/mol. The standard InChI is InChI=1S/C16H19/c1-2-5-12-8-9-15-10-13-6-3-4-7-14(13)11-16(12)15/h8-11H,2-7H2,1H3. The van der Waals surface area contributed by atoms with Gasteiger partial charge in [-0.25, -0.2) is 0 Å². The van der Waals surface area contributed by atoms with E-state index < -0.39 is 0 Å². The normalized spacial score (nSPS) is 18.6. The zero-order valence-corrected chi connectivity index (χ0v) is 10.1. The largest absolute Gasteiger partial charge is 0.0721 e. The van der Waals surface area contributed by atoms with Crippen LogP contribution in [0.5, 0.6) is 0 Å². The molecule has 1 radical (unpaired) electrons. The van der Waals surface area contributed by atoms with E-state index in [1.165, 1.54) is 49.7 Å². The number of fused-ring (bicyclic) bond motifs is 2. The van der Waals surface area contributed by atoms with Crippen molar-refractivity contribution in [2.24, 2.45) is 0 Å². The quantitative estimate of drug-likeness (QED) is 0.683. The summed E-state index contributed by atoms with van der Waals surface area (Å²) in [6, 6.07) is 4.90. The minimum Gasteiger partial charge on any atom is -0.0721 e. The second-order valence-electron chi connectivity index (χ2n) is 5.02. The summed E-state index contributed by atoms with van der Waals surface area (Å²) in [6.45, 7) is 2.26. The Bertz CT molecular complexity index is 426. The zero-order chi connectivity index (χ0) is 11.0. The van der Waals surface area contributed by atoms with E-state index in [0.29, 0.717) is 0 Å². The van der Waals surface area contributed by atoms with Crippen LogP contribution < -0.4 is 0 Å². The fourth-order valence-corrected chi connectivity index (χ4v) is 2.99. The molecule has 0 saturated carbocycles. The van der Waals surface area contributed by atoms with E-state index in [9.17, 15) is 0 Å². The Morgan fingerprint density at radius 3 is 2.50 bits per heavy atom. The van der Waals surface area contributed by atoms with Crippen molar-refractivity contribution in [2.75, 3.05) is 0 Å². The minimum absolute atomic E-state index is 1.22. The smallest absolute Gasteiger partial charge is 0.0273 e. The molecule has 0 atom stereocenters. The molecule has 0 unspecified atom stereocenters. The molecule has 2 aliphatic carbocycles. The lowest BCUT2D eigenvalue weighted by atomic mass is 9.86. The summed E-state index contributed by atoms with van der Waals surface area (Å²) >= 11 is 0. The van der Waals surface area contributed by atoms with Crippen LogP contribution in [0.25, 0.3) is 6.08 Å². The molecule has 0 N–H and O–H groups in total. The molecule has 0 nitrogen and oxygen atoms in total. The first-order chi connectivity index (χ1) is 7.88. The predicted molar refractivity (Wildman–Crippen MR) is 69.4 cm³/mol. The monoisotopic (exact) mass is 211 g/mol. The first-order valence-electron chi connectivity index (χ1n) is 6.58. The number of aryl methyl sites for hydroxylation is 2. The van der Waals surface area contributed by atoms with Crippen LogP contribution in [-0.2, 0) is 12.8 Å². The van der Waals surface area contributed by atoms with Gasteiger partial charge in [0.15, 0.2) is 0 Å². The van der Waals surface area contributed by atoms with Crippen LogP contribution in [-0.4, -0.2) is 0 Å². The lowest BCUT2D eigenvalue weighted by Gasteiger charge is -2.19.